The molecule has 27 heavy (non-hydrogen) atoms. The van der Waals surface area contributed by atoms with Crippen molar-refractivity contribution in [2.75, 3.05) is 29.8 Å². The van der Waals surface area contributed by atoms with E-state index in [-0.39, 0.29) is 16.7 Å². The molecule has 1 aromatic heterocycles. The van der Waals surface area contributed by atoms with Crippen LogP contribution in [0.4, 0.5) is 20.3 Å². The Morgan fingerprint density at radius 3 is 2.52 bits per heavy atom. The predicted octanol–water partition coefficient (Wildman–Crippen LogP) is 3.02. The second-order valence-corrected chi connectivity index (χ2v) is 8.28. The van der Waals surface area contributed by atoms with Crippen molar-refractivity contribution < 1.29 is 21.9 Å². The van der Waals surface area contributed by atoms with E-state index in [1.165, 1.54) is 12.3 Å². The molecule has 0 radical (unpaired) electrons. The van der Waals surface area contributed by atoms with Crippen LogP contribution >= 0.6 is 0 Å². The molecule has 1 aliphatic rings. The molecule has 146 valence electrons. The largest absolute Gasteiger partial charge is 0.379 e. The Morgan fingerprint density at radius 1 is 1.22 bits per heavy atom. The number of aromatic nitrogens is 1. The number of ether oxygens (including phenoxy) is 1. The van der Waals surface area contributed by atoms with Crippen LogP contribution < -0.4 is 9.62 Å². The average Bonchev–Trinajstić information content (AvgIpc) is 2.61. The summed E-state index contributed by atoms with van der Waals surface area (Å²) in [6.45, 7) is 3.62. The molecule has 6 nitrogen and oxygen atoms in total. The number of halogens is 2. The maximum Gasteiger partial charge on any atom is 0.263 e. The van der Waals surface area contributed by atoms with Crippen LogP contribution in [0.2, 0.25) is 0 Å². The number of nitrogens with one attached hydrogen (secondary N) is 1. The first kappa shape index (κ1) is 19.5. The lowest BCUT2D eigenvalue weighted by molar-refractivity contribution is 0.0496. The molecule has 0 amide bonds. The van der Waals surface area contributed by atoms with E-state index in [0.717, 1.165) is 25.1 Å². The number of nitrogens with zero attached hydrogens (tertiary/aromatic N) is 2. The Hall–Kier alpha value is -2.26. The molecule has 1 fully saturated rings. The molecule has 0 spiro atoms. The van der Waals surface area contributed by atoms with Crippen molar-refractivity contribution in [1.29, 1.82) is 0 Å². The number of rotatable bonds is 5. The molecule has 0 saturated carbocycles. The van der Waals surface area contributed by atoms with Crippen LogP contribution in [0.3, 0.4) is 0 Å². The molecule has 2 unspecified atom stereocenters. The van der Waals surface area contributed by atoms with E-state index in [2.05, 4.69) is 16.6 Å². The minimum atomic E-state index is -4.01. The summed E-state index contributed by atoms with van der Waals surface area (Å²) in [5.74, 6) is -0.636. The Bertz CT molecular complexity index is 886. The van der Waals surface area contributed by atoms with E-state index in [4.69, 9.17) is 4.74 Å². The SMILES string of the molecule is COC1CN(c2ccc(S(=O)(=O)Nc3cc(F)cc(F)c3)cn2)CCC1C. The third kappa shape index (κ3) is 4.54. The minimum Gasteiger partial charge on any atom is -0.379 e. The molecule has 1 saturated heterocycles. The summed E-state index contributed by atoms with van der Waals surface area (Å²) in [5, 5.41) is 0. The molecule has 0 aliphatic carbocycles. The van der Waals surface area contributed by atoms with Crippen LogP contribution in [-0.4, -0.2) is 39.7 Å². The lowest BCUT2D eigenvalue weighted by atomic mass is 9.96. The van der Waals surface area contributed by atoms with E-state index in [1.54, 1.807) is 13.2 Å². The molecule has 0 bridgehead atoms. The Morgan fingerprint density at radius 2 is 1.93 bits per heavy atom. The van der Waals surface area contributed by atoms with Crippen molar-refractivity contribution in [2.45, 2.75) is 24.3 Å². The van der Waals surface area contributed by atoms with E-state index < -0.39 is 21.7 Å². The number of sulfonamides is 1. The molecule has 1 aromatic carbocycles. The van der Waals surface area contributed by atoms with Gasteiger partial charge in [-0.2, -0.15) is 0 Å². The number of pyridine rings is 1. The average molecular weight is 397 g/mol. The zero-order chi connectivity index (χ0) is 19.6. The van der Waals surface area contributed by atoms with Crippen molar-refractivity contribution in [1.82, 2.24) is 4.98 Å². The number of hydrogen-bond donors (Lipinski definition) is 1. The van der Waals surface area contributed by atoms with Crippen LogP contribution in [0.25, 0.3) is 0 Å². The highest BCUT2D eigenvalue weighted by Crippen LogP contribution is 2.25. The summed E-state index contributed by atoms with van der Waals surface area (Å²) >= 11 is 0. The standard InChI is InChI=1S/C18H21F2N3O3S/c1-12-5-6-23(11-17(12)26-2)18-4-3-16(10-21-18)27(24,25)22-15-8-13(19)7-14(20)9-15/h3-4,7-10,12,17,22H,5-6,11H2,1-2H3. The summed E-state index contributed by atoms with van der Waals surface area (Å²) in [4.78, 5) is 6.19. The van der Waals surface area contributed by atoms with Gasteiger partial charge in [-0.05, 0) is 36.6 Å². The van der Waals surface area contributed by atoms with Gasteiger partial charge >= 0.3 is 0 Å². The second kappa shape index (κ2) is 7.77. The Balaban J connectivity index is 1.76. The molecule has 2 aromatic rings. The van der Waals surface area contributed by atoms with Gasteiger partial charge < -0.3 is 9.64 Å². The van der Waals surface area contributed by atoms with Crippen LogP contribution in [0.15, 0.2) is 41.4 Å². The molecule has 2 atom stereocenters. The molecular formula is C18H21F2N3O3S. The fourth-order valence-electron chi connectivity index (χ4n) is 3.09. The monoisotopic (exact) mass is 397 g/mol. The highest BCUT2D eigenvalue weighted by Gasteiger charge is 2.27. The maximum absolute atomic E-state index is 13.2. The first-order valence-electron chi connectivity index (χ1n) is 8.51. The van der Waals surface area contributed by atoms with E-state index in [0.29, 0.717) is 24.3 Å². The van der Waals surface area contributed by atoms with Crippen molar-refractivity contribution >= 4 is 21.5 Å². The maximum atomic E-state index is 13.2. The van der Waals surface area contributed by atoms with E-state index >= 15 is 0 Å². The summed E-state index contributed by atoms with van der Waals surface area (Å²) in [6, 6.07) is 5.51. The second-order valence-electron chi connectivity index (χ2n) is 6.60. The van der Waals surface area contributed by atoms with E-state index in [9.17, 15) is 17.2 Å². The summed E-state index contributed by atoms with van der Waals surface area (Å²) in [7, 11) is -2.33. The highest BCUT2D eigenvalue weighted by atomic mass is 32.2. The van der Waals surface area contributed by atoms with Crippen molar-refractivity contribution in [3.05, 3.63) is 48.2 Å². The van der Waals surface area contributed by atoms with Gasteiger partial charge in [0.05, 0.1) is 11.8 Å². The summed E-state index contributed by atoms with van der Waals surface area (Å²) in [6.07, 6.45) is 2.27. The van der Waals surface area contributed by atoms with E-state index in [1.807, 2.05) is 4.90 Å². The third-order valence-corrected chi connectivity index (χ3v) is 6.03. The molecule has 2 heterocycles. The van der Waals surface area contributed by atoms with Crippen LogP contribution in [0.5, 0.6) is 0 Å². The van der Waals surface area contributed by atoms with Crippen molar-refractivity contribution in [3.63, 3.8) is 0 Å². The summed E-state index contributed by atoms with van der Waals surface area (Å²) < 4.78 is 59.0. The topological polar surface area (TPSA) is 71.5 Å². The van der Waals surface area contributed by atoms with Gasteiger partial charge in [0.25, 0.3) is 10.0 Å². The quantitative estimate of drug-likeness (QED) is 0.840. The molecule has 9 heteroatoms. The smallest absolute Gasteiger partial charge is 0.263 e. The van der Waals surface area contributed by atoms with Gasteiger partial charge in [0.15, 0.2) is 0 Å². The fraction of sp³-hybridized carbons (Fsp3) is 0.389. The van der Waals surface area contributed by atoms with Crippen molar-refractivity contribution in [2.24, 2.45) is 5.92 Å². The summed E-state index contributed by atoms with van der Waals surface area (Å²) in [5.41, 5.74) is -0.190. The normalized spacial score (nSPS) is 20.5. The van der Waals surface area contributed by atoms with Crippen molar-refractivity contribution in [3.8, 4) is 0 Å². The third-order valence-electron chi connectivity index (χ3n) is 4.66. The predicted molar refractivity (Wildman–Crippen MR) is 98.2 cm³/mol. The molecular weight excluding hydrogens is 376 g/mol. The zero-order valence-corrected chi connectivity index (χ0v) is 15.8. The van der Waals surface area contributed by atoms with Gasteiger partial charge in [-0.3, -0.25) is 4.72 Å². The van der Waals surface area contributed by atoms with Gasteiger partial charge in [0.2, 0.25) is 0 Å². The highest BCUT2D eigenvalue weighted by molar-refractivity contribution is 7.92. The minimum absolute atomic E-state index is 0.0912. The Labute approximate surface area is 157 Å². The van der Waals surface area contributed by atoms with Gasteiger partial charge in [0.1, 0.15) is 22.3 Å². The molecule has 3 rings (SSSR count). The van der Waals surface area contributed by atoms with Gasteiger partial charge in [-0.15, -0.1) is 0 Å². The fourth-order valence-corrected chi connectivity index (χ4v) is 4.08. The van der Waals surface area contributed by atoms with Crippen LogP contribution in [0.1, 0.15) is 13.3 Å². The number of piperidine rings is 1. The lowest BCUT2D eigenvalue weighted by Gasteiger charge is -2.36. The van der Waals surface area contributed by atoms with Gasteiger partial charge in [-0.1, -0.05) is 6.92 Å². The Kier molecular flexibility index (Phi) is 5.61. The van der Waals surface area contributed by atoms with Crippen LogP contribution in [-0.2, 0) is 14.8 Å². The first-order chi connectivity index (χ1) is 12.8. The lowest BCUT2D eigenvalue weighted by Crippen LogP contribution is -2.44. The number of methoxy groups -OCH3 is 1. The first-order valence-corrected chi connectivity index (χ1v) is 9.99. The number of hydrogen-bond acceptors (Lipinski definition) is 5. The molecule has 1 N–H and O–H groups in total. The van der Waals surface area contributed by atoms with Gasteiger partial charge in [-0.25, -0.2) is 22.2 Å². The van der Waals surface area contributed by atoms with Crippen LogP contribution in [0, 0.1) is 17.6 Å². The van der Waals surface area contributed by atoms with Gasteiger partial charge in [0, 0.05) is 32.5 Å². The number of anilines is 2. The number of benzene rings is 1. The molecule has 1 aliphatic heterocycles. The zero-order valence-electron chi connectivity index (χ0n) is 15.0.